The van der Waals surface area contributed by atoms with Crippen molar-refractivity contribution in [3.8, 4) is 0 Å². The van der Waals surface area contributed by atoms with E-state index in [2.05, 4.69) is 25.9 Å². The molecule has 0 saturated heterocycles. The number of nitrogens with two attached hydrogens (primary N) is 1. The van der Waals surface area contributed by atoms with Crippen molar-refractivity contribution in [2.75, 3.05) is 5.73 Å². The second-order valence-corrected chi connectivity index (χ2v) is 6.56. The van der Waals surface area contributed by atoms with E-state index in [1.54, 1.807) is 0 Å². The highest BCUT2D eigenvalue weighted by Crippen LogP contribution is 2.45. The predicted molar refractivity (Wildman–Crippen MR) is 72.2 cm³/mol. The standard InChI is InChI=1S/C13H22ClN3/c1-8-7-13(3,4)6-5-10(8)17-12(15)11(14)9(2)16-17/h8,10H,5-7,15H2,1-4H3. The number of nitrogen functional groups attached to an aromatic ring is 1. The van der Waals surface area contributed by atoms with Gasteiger partial charge in [0.05, 0.1) is 11.7 Å². The Kier molecular flexibility index (Phi) is 3.15. The van der Waals surface area contributed by atoms with Crippen LogP contribution in [0.1, 0.15) is 51.8 Å². The van der Waals surface area contributed by atoms with E-state index < -0.39 is 0 Å². The molecule has 2 rings (SSSR count). The highest BCUT2D eigenvalue weighted by atomic mass is 35.5. The molecule has 17 heavy (non-hydrogen) atoms. The second-order valence-electron chi connectivity index (χ2n) is 6.18. The maximum atomic E-state index is 6.11. The molecule has 4 heteroatoms. The molecule has 96 valence electrons. The maximum Gasteiger partial charge on any atom is 0.141 e. The van der Waals surface area contributed by atoms with E-state index in [-0.39, 0.29) is 0 Å². The smallest absolute Gasteiger partial charge is 0.141 e. The third-order valence-corrected chi connectivity index (χ3v) is 4.48. The second kappa shape index (κ2) is 4.20. The SMILES string of the molecule is Cc1nn(C2CCC(C)(C)CC2C)c(N)c1Cl. The average molecular weight is 256 g/mol. The van der Waals surface area contributed by atoms with E-state index in [1.165, 1.54) is 12.8 Å². The molecule has 2 atom stereocenters. The van der Waals surface area contributed by atoms with Crippen molar-refractivity contribution in [3.05, 3.63) is 10.7 Å². The highest BCUT2D eigenvalue weighted by Gasteiger charge is 2.34. The summed E-state index contributed by atoms with van der Waals surface area (Å²) >= 11 is 6.11. The van der Waals surface area contributed by atoms with E-state index in [9.17, 15) is 0 Å². The molecule has 0 bridgehead atoms. The van der Waals surface area contributed by atoms with Crippen LogP contribution < -0.4 is 5.73 Å². The Morgan fingerprint density at radius 3 is 2.59 bits per heavy atom. The van der Waals surface area contributed by atoms with Gasteiger partial charge < -0.3 is 5.73 Å². The van der Waals surface area contributed by atoms with Gasteiger partial charge in [-0.3, -0.25) is 0 Å². The summed E-state index contributed by atoms with van der Waals surface area (Å²) in [6.07, 6.45) is 3.57. The molecule has 2 unspecified atom stereocenters. The quantitative estimate of drug-likeness (QED) is 0.829. The average Bonchev–Trinajstić information content (AvgIpc) is 2.45. The topological polar surface area (TPSA) is 43.8 Å². The molecule has 0 aliphatic heterocycles. The summed E-state index contributed by atoms with van der Waals surface area (Å²) in [7, 11) is 0. The van der Waals surface area contributed by atoms with Crippen LogP contribution in [0.4, 0.5) is 5.82 Å². The van der Waals surface area contributed by atoms with Gasteiger partial charge in [-0.2, -0.15) is 5.10 Å². The molecule has 1 aliphatic rings. The van der Waals surface area contributed by atoms with Crippen molar-refractivity contribution >= 4 is 17.4 Å². The van der Waals surface area contributed by atoms with Gasteiger partial charge in [0.15, 0.2) is 0 Å². The fourth-order valence-electron chi connectivity index (χ4n) is 3.09. The first-order chi connectivity index (χ1) is 7.82. The maximum absolute atomic E-state index is 6.11. The van der Waals surface area contributed by atoms with Gasteiger partial charge in [-0.25, -0.2) is 4.68 Å². The van der Waals surface area contributed by atoms with Crippen molar-refractivity contribution in [2.24, 2.45) is 11.3 Å². The largest absolute Gasteiger partial charge is 0.383 e. The molecule has 1 fully saturated rings. The van der Waals surface area contributed by atoms with Gasteiger partial charge in [-0.1, -0.05) is 32.4 Å². The third-order valence-electron chi connectivity index (χ3n) is 4.01. The summed E-state index contributed by atoms with van der Waals surface area (Å²) in [4.78, 5) is 0. The molecule has 1 aromatic rings. The van der Waals surface area contributed by atoms with Crippen LogP contribution in [0.5, 0.6) is 0 Å². The number of hydrogen-bond acceptors (Lipinski definition) is 2. The first kappa shape index (κ1) is 12.7. The molecule has 1 aliphatic carbocycles. The monoisotopic (exact) mass is 255 g/mol. The lowest BCUT2D eigenvalue weighted by atomic mass is 9.70. The summed E-state index contributed by atoms with van der Waals surface area (Å²) in [5.41, 5.74) is 7.31. The van der Waals surface area contributed by atoms with Crippen LogP contribution in [0.2, 0.25) is 5.02 Å². The number of aromatic nitrogens is 2. The van der Waals surface area contributed by atoms with Gasteiger partial charge in [0, 0.05) is 0 Å². The number of aryl methyl sites for hydroxylation is 1. The summed E-state index contributed by atoms with van der Waals surface area (Å²) in [5, 5.41) is 5.10. The minimum Gasteiger partial charge on any atom is -0.383 e. The van der Waals surface area contributed by atoms with E-state index in [4.69, 9.17) is 17.3 Å². The predicted octanol–water partition coefficient (Wildman–Crippen LogP) is 3.81. The van der Waals surface area contributed by atoms with Crippen LogP contribution in [-0.4, -0.2) is 9.78 Å². The van der Waals surface area contributed by atoms with Gasteiger partial charge in [0.2, 0.25) is 0 Å². The van der Waals surface area contributed by atoms with Crippen LogP contribution in [0.25, 0.3) is 0 Å². The number of anilines is 1. The molecule has 1 saturated carbocycles. The minimum absolute atomic E-state index is 0.397. The lowest BCUT2D eigenvalue weighted by molar-refractivity contribution is 0.127. The van der Waals surface area contributed by atoms with Crippen molar-refractivity contribution in [3.63, 3.8) is 0 Å². The fourth-order valence-corrected chi connectivity index (χ4v) is 3.22. The van der Waals surface area contributed by atoms with Gasteiger partial charge in [-0.05, 0) is 37.5 Å². The Balaban J connectivity index is 2.26. The van der Waals surface area contributed by atoms with Crippen LogP contribution in [0, 0.1) is 18.3 Å². The Morgan fingerprint density at radius 2 is 2.12 bits per heavy atom. The molecule has 0 spiro atoms. The van der Waals surface area contributed by atoms with Gasteiger partial charge >= 0.3 is 0 Å². The highest BCUT2D eigenvalue weighted by molar-refractivity contribution is 6.33. The van der Waals surface area contributed by atoms with Crippen LogP contribution in [-0.2, 0) is 0 Å². The Hall–Kier alpha value is -0.700. The third kappa shape index (κ3) is 2.30. The lowest BCUT2D eigenvalue weighted by Gasteiger charge is -2.39. The zero-order chi connectivity index (χ0) is 12.8. The van der Waals surface area contributed by atoms with Crippen molar-refractivity contribution < 1.29 is 0 Å². The molecule has 3 nitrogen and oxygen atoms in total. The molecule has 1 heterocycles. The van der Waals surface area contributed by atoms with Gasteiger partial charge in [-0.15, -0.1) is 0 Å². The Bertz CT molecular complexity index is 423. The normalized spacial score (nSPS) is 28.3. The summed E-state index contributed by atoms with van der Waals surface area (Å²) in [6.45, 7) is 8.87. The zero-order valence-corrected chi connectivity index (χ0v) is 11.9. The molecular weight excluding hydrogens is 234 g/mol. The van der Waals surface area contributed by atoms with Crippen molar-refractivity contribution in [1.29, 1.82) is 0 Å². The van der Waals surface area contributed by atoms with Crippen molar-refractivity contribution in [1.82, 2.24) is 9.78 Å². The van der Waals surface area contributed by atoms with E-state index >= 15 is 0 Å². The first-order valence-electron chi connectivity index (χ1n) is 6.32. The molecule has 0 radical (unpaired) electrons. The van der Waals surface area contributed by atoms with Gasteiger partial charge in [0.1, 0.15) is 10.8 Å². The minimum atomic E-state index is 0.397. The molecular formula is C13H22ClN3. The summed E-state index contributed by atoms with van der Waals surface area (Å²) in [6, 6.07) is 0.397. The molecule has 0 amide bonds. The number of hydrogen-bond donors (Lipinski definition) is 1. The Labute approximate surface area is 108 Å². The zero-order valence-electron chi connectivity index (χ0n) is 11.1. The molecule has 1 aromatic heterocycles. The van der Waals surface area contributed by atoms with E-state index in [1.807, 2.05) is 11.6 Å². The molecule has 0 aromatic carbocycles. The Morgan fingerprint density at radius 1 is 1.47 bits per heavy atom. The number of rotatable bonds is 1. The number of halogens is 1. The van der Waals surface area contributed by atoms with E-state index in [0.29, 0.717) is 28.2 Å². The lowest BCUT2D eigenvalue weighted by Crippen LogP contribution is -2.31. The summed E-state index contributed by atoms with van der Waals surface area (Å²) < 4.78 is 1.94. The van der Waals surface area contributed by atoms with Crippen LogP contribution in [0.15, 0.2) is 0 Å². The van der Waals surface area contributed by atoms with Crippen LogP contribution >= 0.6 is 11.6 Å². The van der Waals surface area contributed by atoms with Gasteiger partial charge in [0.25, 0.3) is 0 Å². The fraction of sp³-hybridized carbons (Fsp3) is 0.769. The summed E-state index contributed by atoms with van der Waals surface area (Å²) in [5.74, 6) is 1.22. The van der Waals surface area contributed by atoms with E-state index in [0.717, 1.165) is 12.1 Å². The van der Waals surface area contributed by atoms with Crippen LogP contribution in [0.3, 0.4) is 0 Å². The van der Waals surface area contributed by atoms with Crippen molar-refractivity contribution in [2.45, 2.75) is 53.0 Å². The molecule has 2 N–H and O–H groups in total. The number of nitrogens with zero attached hydrogens (tertiary/aromatic N) is 2. The first-order valence-corrected chi connectivity index (χ1v) is 6.70.